The SMILES string of the molecule is O=CNc1cnc(S[C@H]2Cc3ccc(F)c(C(=O)O)c3OB2O)s1. The zero-order valence-electron chi connectivity index (χ0n) is 11.9. The van der Waals surface area contributed by atoms with Crippen LogP contribution in [0, 0.1) is 5.82 Å². The Morgan fingerprint density at radius 1 is 1.58 bits per heavy atom. The second-order valence-electron chi connectivity index (χ2n) is 4.84. The number of thiazole rings is 1. The molecule has 1 atom stereocenters. The van der Waals surface area contributed by atoms with Gasteiger partial charge in [-0.2, -0.15) is 0 Å². The summed E-state index contributed by atoms with van der Waals surface area (Å²) < 4.78 is 19.6. The summed E-state index contributed by atoms with van der Waals surface area (Å²) in [7, 11) is -1.31. The minimum absolute atomic E-state index is 0.144. The summed E-state index contributed by atoms with van der Waals surface area (Å²) in [5, 5.41) is 21.8. The number of hydrogen-bond acceptors (Lipinski definition) is 7. The summed E-state index contributed by atoms with van der Waals surface area (Å²) in [6.07, 6.45) is 2.32. The molecule has 2 aromatic rings. The standard InChI is InChI=1S/C13H10BFN2O5S2/c15-7-2-1-6-3-8(14(21)22-11(6)10(7)12(19)20)23-13-16-4-9(24-13)17-5-18/h1-2,4-5,8,21H,3H2,(H,17,18)(H,19,20)/t8-/m0/s1. The smallest absolute Gasteiger partial charge is 0.535 e. The average Bonchev–Trinajstić information content (AvgIpc) is 2.95. The van der Waals surface area contributed by atoms with E-state index in [1.807, 2.05) is 0 Å². The molecule has 1 aromatic carbocycles. The molecule has 1 aliphatic rings. The number of nitrogens with one attached hydrogen (secondary N) is 1. The van der Waals surface area contributed by atoms with E-state index in [-0.39, 0.29) is 12.2 Å². The molecule has 124 valence electrons. The maximum Gasteiger partial charge on any atom is 0.537 e. The number of aromatic nitrogens is 1. The summed E-state index contributed by atoms with van der Waals surface area (Å²) in [5.74, 6) is -2.51. The number of nitrogens with zero attached hydrogens (tertiary/aromatic N) is 1. The Morgan fingerprint density at radius 3 is 3.08 bits per heavy atom. The summed E-state index contributed by atoms with van der Waals surface area (Å²) in [6.45, 7) is 0. The first-order valence-corrected chi connectivity index (χ1v) is 8.41. The molecule has 3 N–H and O–H groups in total. The third-order valence-corrected chi connectivity index (χ3v) is 5.59. The lowest BCUT2D eigenvalue weighted by Crippen LogP contribution is -2.40. The zero-order chi connectivity index (χ0) is 17.3. The van der Waals surface area contributed by atoms with Crippen LogP contribution in [0.4, 0.5) is 9.39 Å². The van der Waals surface area contributed by atoms with Crippen molar-refractivity contribution in [1.82, 2.24) is 4.98 Å². The number of aromatic carboxylic acids is 1. The third kappa shape index (κ3) is 3.23. The van der Waals surface area contributed by atoms with Crippen molar-refractivity contribution in [3.05, 3.63) is 35.3 Å². The Morgan fingerprint density at radius 2 is 2.38 bits per heavy atom. The van der Waals surface area contributed by atoms with Crippen molar-refractivity contribution >= 4 is 47.6 Å². The highest BCUT2D eigenvalue weighted by Crippen LogP contribution is 2.39. The van der Waals surface area contributed by atoms with E-state index >= 15 is 0 Å². The summed E-state index contributed by atoms with van der Waals surface area (Å²) in [5.41, 5.74) is -0.0823. The van der Waals surface area contributed by atoms with Crippen LogP contribution in [0.1, 0.15) is 15.9 Å². The zero-order valence-corrected chi connectivity index (χ0v) is 13.6. The molecule has 1 amide bonds. The third-order valence-electron chi connectivity index (χ3n) is 3.32. The Balaban J connectivity index is 1.83. The van der Waals surface area contributed by atoms with Crippen LogP contribution in [0.15, 0.2) is 22.7 Å². The molecule has 3 rings (SSSR count). The van der Waals surface area contributed by atoms with Gasteiger partial charge in [-0.05, 0) is 18.1 Å². The fourth-order valence-electron chi connectivity index (χ4n) is 2.28. The molecule has 11 heteroatoms. The van der Waals surface area contributed by atoms with E-state index in [1.165, 1.54) is 35.4 Å². The number of rotatable bonds is 5. The van der Waals surface area contributed by atoms with Crippen molar-refractivity contribution in [3.8, 4) is 5.75 Å². The number of anilines is 1. The molecule has 0 saturated heterocycles. The number of hydrogen-bond donors (Lipinski definition) is 3. The first kappa shape index (κ1) is 16.7. The van der Waals surface area contributed by atoms with Crippen molar-refractivity contribution in [2.24, 2.45) is 0 Å². The van der Waals surface area contributed by atoms with Crippen LogP contribution in [0.25, 0.3) is 0 Å². The molecule has 0 radical (unpaired) electrons. The monoisotopic (exact) mass is 368 g/mol. The fourth-order valence-corrected chi connectivity index (χ4v) is 4.42. The normalized spacial score (nSPS) is 16.2. The number of halogens is 1. The van der Waals surface area contributed by atoms with E-state index in [9.17, 15) is 19.0 Å². The number of carboxylic acids is 1. The minimum Gasteiger partial charge on any atom is -0.535 e. The average molecular weight is 368 g/mol. The van der Waals surface area contributed by atoms with E-state index in [2.05, 4.69) is 10.3 Å². The van der Waals surface area contributed by atoms with E-state index in [0.29, 0.717) is 21.3 Å². The minimum atomic E-state index is -1.45. The molecule has 0 fully saturated rings. The molecule has 24 heavy (non-hydrogen) atoms. The van der Waals surface area contributed by atoms with Gasteiger partial charge in [-0.3, -0.25) is 4.79 Å². The van der Waals surface area contributed by atoms with Crippen molar-refractivity contribution < 1.29 is 28.8 Å². The van der Waals surface area contributed by atoms with Gasteiger partial charge in [-0.15, -0.1) is 0 Å². The summed E-state index contributed by atoms with van der Waals surface area (Å²) in [4.78, 5) is 25.7. The maximum absolute atomic E-state index is 13.7. The topological polar surface area (TPSA) is 109 Å². The summed E-state index contributed by atoms with van der Waals surface area (Å²) in [6, 6.07) is 2.51. The molecule has 0 spiro atoms. The van der Waals surface area contributed by atoms with Gasteiger partial charge in [-0.25, -0.2) is 14.2 Å². The first-order valence-electron chi connectivity index (χ1n) is 6.71. The van der Waals surface area contributed by atoms with Gasteiger partial charge in [0, 0.05) is 0 Å². The van der Waals surface area contributed by atoms with Gasteiger partial charge in [0.25, 0.3) is 0 Å². The molecule has 0 unspecified atom stereocenters. The van der Waals surface area contributed by atoms with E-state index < -0.39 is 29.6 Å². The highest BCUT2D eigenvalue weighted by atomic mass is 32.2. The molecule has 2 heterocycles. The first-order chi connectivity index (χ1) is 11.5. The predicted molar refractivity (Wildman–Crippen MR) is 87.1 cm³/mol. The van der Waals surface area contributed by atoms with Crippen LogP contribution in [-0.4, -0.2) is 39.8 Å². The molecule has 1 aromatic heterocycles. The number of amides is 1. The van der Waals surface area contributed by atoms with Crippen LogP contribution in [0.5, 0.6) is 5.75 Å². The number of carboxylic acid groups (broad SMARTS) is 1. The van der Waals surface area contributed by atoms with Crippen LogP contribution in [-0.2, 0) is 11.2 Å². The number of carbonyl (C=O) groups is 2. The molecule has 1 aliphatic heterocycles. The fraction of sp³-hybridized carbons (Fsp3) is 0.154. The molecule has 0 bridgehead atoms. The quantitative estimate of drug-likeness (QED) is 0.544. The van der Waals surface area contributed by atoms with Gasteiger partial charge < -0.3 is 20.1 Å². The Labute approximate surface area is 144 Å². The van der Waals surface area contributed by atoms with Gasteiger partial charge >= 0.3 is 13.1 Å². The molecule has 0 aliphatic carbocycles. The van der Waals surface area contributed by atoms with Gasteiger partial charge in [0.15, 0.2) is 4.34 Å². The molecular formula is C13H10BFN2O5S2. The highest BCUT2D eigenvalue weighted by Gasteiger charge is 2.39. The van der Waals surface area contributed by atoms with E-state index in [1.54, 1.807) is 0 Å². The Bertz CT molecular complexity index is 803. The van der Waals surface area contributed by atoms with E-state index in [0.717, 1.165) is 6.07 Å². The predicted octanol–water partition coefficient (Wildman–Crippen LogP) is 1.66. The van der Waals surface area contributed by atoms with Crippen molar-refractivity contribution in [2.45, 2.75) is 15.9 Å². The second-order valence-corrected chi connectivity index (χ2v) is 7.35. The summed E-state index contributed by atoms with van der Waals surface area (Å²) >= 11 is 2.47. The second kappa shape index (κ2) is 6.79. The van der Waals surface area contributed by atoms with Gasteiger partial charge in [-0.1, -0.05) is 29.2 Å². The molecule has 7 nitrogen and oxygen atoms in total. The Hall–Kier alpha value is -2.11. The van der Waals surface area contributed by atoms with Crippen LogP contribution in [0.2, 0.25) is 0 Å². The number of carbonyl (C=O) groups excluding carboxylic acids is 1. The van der Waals surface area contributed by atoms with Gasteiger partial charge in [0.1, 0.15) is 22.1 Å². The molecular weight excluding hydrogens is 358 g/mol. The lowest BCUT2D eigenvalue weighted by Gasteiger charge is -2.27. The number of benzene rings is 1. The van der Waals surface area contributed by atoms with Gasteiger partial charge in [0.2, 0.25) is 6.41 Å². The number of fused-ring (bicyclic) bond motifs is 1. The van der Waals surface area contributed by atoms with Crippen molar-refractivity contribution in [2.75, 3.05) is 5.32 Å². The van der Waals surface area contributed by atoms with E-state index in [4.69, 9.17) is 9.76 Å². The van der Waals surface area contributed by atoms with Gasteiger partial charge in [0.05, 0.1) is 11.3 Å². The van der Waals surface area contributed by atoms with Crippen molar-refractivity contribution in [1.29, 1.82) is 0 Å². The van der Waals surface area contributed by atoms with Crippen LogP contribution >= 0.6 is 23.1 Å². The van der Waals surface area contributed by atoms with Crippen LogP contribution in [0.3, 0.4) is 0 Å². The largest absolute Gasteiger partial charge is 0.537 e. The maximum atomic E-state index is 13.7. The highest BCUT2D eigenvalue weighted by molar-refractivity contribution is 8.03. The van der Waals surface area contributed by atoms with Crippen LogP contribution < -0.4 is 9.97 Å². The molecule has 0 saturated carbocycles. The lowest BCUT2D eigenvalue weighted by molar-refractivity contribution is -0.105. The van der Waals surface area contributed by atoms with Crippen molar-refractivity contribution in [3.63, 3.8) is 0 Å². The lowest BCUT2D eigenvalue weighted by atomic mass is 9.77. The number of thioether (sulfide) groups is 1. The Kier molecular flexibility index (Phi) is 4.74.